The average Bonchev–Trinajstić information content (AvgIpc) is 2.55. The topological polar surface area (TPSA) is 66.3 Å². The molecule has 72 valence electrons. The molecule has 1 aromatic rings. The number of carboxylic acids is 1. The number of hydrogen-bond donors (Lipinski definition) is 1. The van der Waals surface area contributed by atoms with Crippen molar-refractivity contribution in [2.24, 2.45) is 0 Å². The van der Waals surface area contributed by atoms with Gasteiger partial charge >= 0.3 is 5.97 Å². The third kappa shape index (κ3) is 3.37. The van der Waals surface area contributed by atoms with Gasteiger partial charge in [-0.05, 0) is 6.42 Å². The molecule has 0 spiro atoms. The predicted molar refractivity (Wildman–Crippen MR) is 50.0 cm³/mol. The minimum absolute atomic E-state index is 0.198. The van der Waals surface area contributed by atoms with Crippen molar-refractivity contribution >= 4 is 22.4 Å². The highest BCUT2D eigenvalue weighted by atomic mass is 32.1. The fourth-order valence-electron chi connectivity index (χ4n) is 0.897. The highest BCUT2D eigenvalue weighted by molar-refractivity contribution is 7.13. The molecule has 0 aromatic carbocycles. The third-order valence-electron chi connectivity index (χ3n) is 1.56. The van der Waals surface area contributed by atoms with E-state index in [2.05, 4.69) is 10.2 Å². The number of hydrogen-bond acceptors (Lipinski definition) is 5. The Hall–Kier alpha value is -1.17. The second kappa shape index (κ2) is 4.76. The quantitative estimate of drug-likeness (QED) is 0.764. The Bertz CT molecular complexity index is 263. The lowest BCUT2D eigenvalue weighted by molar-refractivity contribution is -0.137. The fourth-order valence-corrected chi connectivity index (χ4v) is 1.45. The van der Waals surface area contributed by atoms with Crippen LogP contribution in [0.5, 0.6) is 0 Å². The van der Waals surface area contributed by atoms with Gasteiger partial charge in [0.2, 0.25) is 5.13 Å². The van der Waals surface area contributed by atoms with Gasteiger partial charge in [-0.1, -0.05) is 11.3 Å². The lowest BCUT2D eigenvalue weighted by Gasteiger charge is -2.13. The van der Waals surface area contributed by atoms with Crippen molar-refractivity contribution in [1.29, 1.82) is 0 Å². The van der Waals surface area contributed by atoms with Crippen molar-refractivity contribution in [2.45, 2.75) is 12.8 Å². The summed E-state index contributed by atoms with van der Waals surface area (Å²) in [5.74, 6) is -0.759. The van der Waals surface area contributed by atoms with Gasteiger partial charge in [-0.3, -0.25) is 4.79 Å². The van der Waals surface area contributed by atoms with Gasteiger partial charge in [0.15, 0.2) is 0 Å². The summed E-state index contributed by atoms with van der Waals surface area (Å²) in [6.07, 6.45) is 0.828. The minimum Gasteiger partial charge on any atom is -0.481 e. The zero-order valence-corrected chi connectivity index (χ0v) is 8.12. The van der Waals surface area contributed by atoms with Crippen LogP contribution in [0.15, 0.2) is 5.51 Å². The Morgan fingerprint density at radius 2 is 2.54 bits per heavy atom. The molecule has 6 heteroatoms. The molecular formula is C7H11N3O2S. The largest absolute Gasteiger partial charge is 0.481 e. The molecule has 0 bridgehead atoms. The van der Waals surface area contributed by atoms with Crippen LogP contribution in [0.25, 0.3) is 0 Å². The number of nitrogens with zero attached hydrogens (tertiary/aromatic N) is 3. The van der Waals surface area contributed by atoms with E-state index in [1.54, 1.807) is 5.51 Å². The normalized spacial score (nSPS) is 9.92. The summed E-state index contributed by atoms with van der Waals surface area (Å²) in [6, 6.07) is 0. The van der Waals surface area contributed by atoms with Crippen LogP contribution in [-0.4, -0.2) is 34.9 Å². The Labute approximate surface area is 80.0 Å². The molecule has 0 saturated carbocycles. The Morgan fingerprint density at radius 1 is 1.77 bits per heavy atom. The first-order chi connectivity index (χ1) is 6.20. The zero-order valence-electron chi connectivity index (χ0n) is 7.30. The number of aromatic nitrogens is 2. The summed E-state index contributed by atoms with van der Waals surface area (Å²) in [4.78, 5) is 12.1. The number of rotatable bonds is 5. The summed E-state index contributed by atoms with van der Waals surface area (Å²) in [6.45, 7) is 0.696. The molecular weight excluding hydrogens is 190 g/mol. The van der Waals surface area contributed by atoms with E-state index in [9.17, 15) is 4.79 Å². The van der Waals surface area contributed by atoms with E-state index < -0.39 is 5.97 Å². The van der Waals surface area contributed by atoms with Crippen LogP contribution in [0, 0.1) is 0 Å². The van der Waals surface area contributed by atoms with Crippen molar-refractivity contribution in [3.63, 3.8) is 0 Å². The van der Waals surface area contributed by atoms with Gasteiger partial charge in [-0.25, -0.2) is 0 Å². The summed E-state index contributed by atoms with van der Waals surface area (Å²) in [5.41, 5.74) is 1.66. The van der Waals surface area contributed by atoms with Gasteiger partial charge in [-0.2, -0.15) is 0 Å². The lowest BCUT2D eigenvalue weighted by atomic mass is 10.3. The predicted octanol–water partition coefficient (Wildman–Crippen LogP) is 0.839. The maximum Gasteiger partial charge on any atom is 0.303 e. The van der Waals surface area contributed by atoms with Gasteiger partial charge < -0.3 is 10.0 Å². The molecule has 0 aliphatic rings. The molecule has 13 heavy (non-hydrogen) atoms. The van der Waals surface area contributed by atoms with Crippen molar-refractivity contribution in [3.05, 3.63) is 5.51 Å². The second-order valence-corrected chi connectivity index (χ2v) is 3.45. The van der Waals surface area contributed by atoms with Crippen LogP contribution < -0.4 is 4.90 Å². The van der Waals surface area contributed by atoms with E-state index in [0.717, 1.165) is 5.13 Å². The first-order valence-corrected chi connectivity index (χ1v) is 4.77. The summed E-state index contributed by atoms with van der Waals surface area (Å²) in [5, 5.41) is 16.8. The molecule has 0 aliphatic heterocycles. The molecule has 1 N–H and O–H groups in total. The van der Waals surface area contributed by atoms with Gasteiger partial charge in [0.25, 0.3) is 0 Å². The van der Waals surface area contributed by atoms with Crippen LogP contribution in [-0.2, 0) is 4.79 Å². The van der Waals surface area contributed by atoms with E-state index in [-0.39, 0.29) is 6.42 Å². The second-order valence-electron chi connectivity index (χ2n) is 2.64. The Balaban J connectivity index is 2.26. The molecule has 5 nitrogen and oxygen atoms in total. The van der Waals surface area contributed by atoms with Gasteiger partial charge in [-0.15, -0.1) is 10.2 Å². The Kier molecular flexibility index (Phi) is 3.63. The van der Waals surface area contributed by atoms with E-state index in [0.29, 0.717) is 13.0 Å². The molecule has 0 radical (unpaired) electrons. The van der Waals surface area contributed by atoms with Crippen molar-refractivity contribution in [2.75, 3.05) is 18.5 Å². The zero-order chi connectivity index (χ0) is 9.68. The average molecular weight is 201 g/mol. The summed E-state index contributed by atoms with van der Waals surface area (Å²) >= 11 is 1.45. The Morgan fingerprint density at radius 3 is 3.08 bits per heavy atom. The summed E-state index contributed by atoms with van der Waals surface area (Å²) in [7, 11) is 1.88. The van der Waals surface area contributed by atoms with Crippen LogP contribution in [0.3, 0.4) is 0 Å². The first kappa shape index (κ1) is 9.91. The highest BCUT2D eigenvalue weighted by Crippen LogP contribution is 2.13. The van der Waals surface area contributed by atoms with Crippen LogP contribution in [0.4, 0.5) is 5.13 Å². The SMILES string of the molecule is CN(CCCC(=O)O)c1nncs1. The van der Waals surface area contributed by atoms with Crippen LogP contribution >= 0.6 is 11.3 Å². The van der Waals surface area contributed by atoms with Gasteiger partial charge in [0.1, 0.15) is 5.51 Å². The number of aliphatic carboxylic acids is 1. The van der Waals surface area contributed by atoms with Crippen molar-refractivity contribution in [1.82, 2.24) is 10.2 Å². The maximum atomic E-state index is 10.2. The minimum atomic E-state index is -0.759. The molecule has 1 rings (SSSR count). The first-order valence-electron chi connectivity index (χ1n) is 3.89. The molecule has 0 fully saturated rings. The standard InChI is InChI=1S/C7H11N3O2S/c1-10(4-2-3-6(11)12)7-9-8-5-13-7/h5H,2-4H2,1H3,(H,11,12). The van der Waals surface area contributed by atoms with E-state index in [1.165, 1.54) is 11.3 Å². The highest BCUT2D eigenvalue weighted by Gasteiger charge is 2.04. The number of carboxylic acid groups (broad SMARTS) is 1. The number of anilines is 1. The fraction of sp³-hybridized carbons (Fsp3) is 0.571. The van der Waals surface area contributed by atoms with Gasteiger partial charge in [0.05, 0.1) is 0 Å². The van der Waals surface area contributed by atoms with E-state index in [1.807, 2.05) is 11.9 Å². The summed E-state index contributed by atoms with van der Waals surface area (Å²) < 4.78 is 0. The third-order valence-corrected chi connectivity index (χ3v) is 2.36. The van der Waals surface area contributed by atoms with E-state index in [4.69, 9.17) is 5.11 Å². The number of carbonyl (C=O) groups is 1. The monoisotopic (exact) mass is 201 g/mol. The molecule has 0 amide bonds. The molecule has 1 heterocycles. The van der Waals surface area contributed by atoms with Crippen LogP contribution in [0.1, 0.15) is 12.8 Å². The van der Waals surface area contributed by atoms with Crippen LogP contribution in [0.2, 0.25) is 0 Å². The van der Waals surface area contributed by atoms with E-state index >= 15 is 0 Å². The smallest absolute Gasteiger partial charge is 0.303 e. The molecule has 0 unspecified atom stereocenters. The van der Waals surface area contributed by atoms with Gasteiger partial charge in [0, 0.05) is 20.0 Å². The van der Waals surface area contributed by atoms with Crippen molar-refractivity contribution < 1.29 is 9.90 Å². The molecule has 0 saturated heterocycles. The molecule has 0 atom stereocenters. The molecule has 1 aromatic heterocycles. The van der Waals surface area contributed by atoms with Crippen molar-refractivity contribution in [3.8, 4) is 0 Å². The lowest BCUT2D eigenvalue weighted by Crippen LogP contribution is -2.19. The molecule has 0 aliphatic carbocycles. The maximum absolute atomic E-state index is 10.2.